The Labute approximate surface area is 231 Å². The largest absolute Gasteiger partial charge is 0.393 e. The van der Waals surface area contributed by atoms with Gasteiger partial charge < -0.3 is 10.2 Å². The van der Waals surface area contributed by atoms with Gasteiger partial charge in [0.15, 0.2) is 0 Å². The molecule has 4 fully saturated rings. The van der Waals surface area contributed by atoms with Gasteiger partial charge in [-0.1, -0.05) is 94.3 Å². The van der Waals surface area contributed by atoms with Crippen molar-refractivity contribution in [3.63, 3.8) is 0 Å². The maximum absolute atomic E-state index is 12.1. The second-order valence-electron chi connectivity index (χ2n) is 14.4. The molecule has 0 bridgehead atoms. The highest BCUT2D eigenvalue weighted by Crippen LogP contribution is 2.68. The van der Waals surface area contributed by atoms with E-state index in [4.69, 9.17) is 0 Å². The van der Waals surface area contributed by atoms with E-state index >= 15 is 0 Å². The van der Waals surface area contributed by atoms with E-state index in [2.05, 4.69) is 45.0 Å². The van der Waals surface area contributed by atoms with Crippen LogP contribution in [0.2, 0.25) is 0 Å². The minimum Gasteiger partial charge on any atom is -0.393 e. The Morgan fingerprint density at radius 1 is 0.816 bits per heavy atom. The standard InChI is InChI=1S/C36H50O2/c1-25(19-23-36(38,26-12-6-4-7-13-26)27-14-8-5-9-15-27)29-17-18-30-33-31(20-22-35(29,30)3)34(2)21-11-10-16-28(34)24-32(33)37/h4-9,12-15,25,28-33,37-38H,10-11,16-24H2,1-3H3/t25-,28?,29?,30?,31?,32?,33?,34?,35?/m1/s1. The van der Waals surface area contributed by atoms with Gasteiger partial charge in [0.25, 0.3) is 0 Å². The highest BCUT2D eigenvalue weighted by molar-refractivity contribution is 5.35. The summed E-state index contributed by atoms with van der Waals surface area (Å²) in [5.74, 6) is 3.83. The quantitative estimate of drug-likeness (QED) is 0.406. The van der Waals surface area contributed by atoms with Crippen LogP contribution in [0.5, 0.6) is 0 Å². The van der Waals surface area contributed by atoms with Crippen LogP contribution in [0.4, 0.5) is 0 Å². The van der Waals surface area contributed by atoms with Gasteiger partial charge in [-0.25, -0.2) is 0 Å². The van der Waals surface area contributed by atoms with E-state index in [-0.39, 0.29) is 6.10 Å². The third kappa shape index (κ3) is 4.21. The summed E-state index contributed by atoms with van der Waals surface area (Å²) >= 11 is 0. The summed E-state index contributed by atoms with van der Waals surface area (Å²) in [5, 5.41) is 23.7. The van der Waals surface area contributed by atoms with Crippen LogP contribution in [0, 0.1) is 46.3 Å². The normalized spacial score (nSPS) is 39.6. The van der Waals surface area contributed by atoms with Crippen molar-refractivity contribution < 1.29 is 10.2 Å². The van der Waals surface area contributed by atoms with Crippen LogP contribution < -0.4 is 0 Å². The Morgan fingerprint density at radius 2 is 1.45 bits per heavy atom. The summed E-state index contributed by atoms with van der Waals surface area (Å²) < 4.78 is 0. The molecule has 6 rings (SSSR count). The molecule has 2 N–H and O–H groups in total. The molecule has 0 amide bonds. The zero-order valence-electron chi connectivity index (χ0n) is 24.0. The average Bonchev–Trinajstić information content (AvgIpc) is 3.30. The van der Waals surface area contributed by atoms with Crippen molar-refractivity contribution in [2.45, 2.75) is 103 Å². The second kappa shape index (κ2) is 10.1. The average molecular weight is 515 g/mol. The van der Waals surface area contributed by atoms with Gasteiger partial charge in [0, 0.05) is 0 Å². The molecule has 0 heterocycles. The number of hydrogen-bond acceptors (Lipinski definition) is 2. The van der Waals surface area contributed by atoms with Crippen molar-refractivity contribution in [3.05, 3.63) is 71.8 Å². The summed E-state index contributed by atoms with van der Waals surface area (Å²) in [6.07, 6.45) is 13.4. The van der Waals surface area contributed by atoms with Crippen molar-refractivity contribution in [2.24, 2.45) is 46.3 Å². The van der Waals surface area contributed by atoms with Crippen molar-refractivity contribution in [1.82, 2.24) is 0 Å². The number of aliphatic hydroxyl groups is 2. The lowest BCUT2D eigenvalue weighted by molar-refractivity contribution is -0.164. The molecular formula is C36H50O2. The van der Waals surface area contributed by atoms with Crippen LogP contribution >= 0.6 is 0 Å². The fraction of sp³-hybridized carbons (Fsp3) is 0.667. The van der Waals surface area contributed by atoms with E-state index in [0.29, 0.717) is 40.4 Å². The van der Waals surface area contributed by atoms with Crippen LogP contribution in [0.1, 0.15) is 103 Å². The first kappa shape index (κ1) is 26.6. The Hall–Kier alpha value is -1.64. The molecule has 4 aliphatic carbocycles. The lowest BCUT2D eigenvalue weighted by Gasteiger charge is -2.62. The molecule has 8 unspecified atom stereocenters. The maximum Gasteiger partial charge on any atom is 0.115 e. The highest BCUT2D eigenvalue weighted by Gasteiger charge is 2.62. The van der Waals surface area contributed by atoms with Gasteiger partial charge in [-0.3, -0.25) is 0 Å². The molecule has 4 aliphatic rings. The minimum atomic E-state index is -0.961. The van der Waals surface area contributed by atoms with Crippen molar-refractivity contribution in [2.75, 3.05) is 0 Å². The second-order valence-corrected chi connectivity index (χ2v) is 14.4. The molecule has 0 aromatic heterocycles. The van der Waals surface area contributed by atoms with E-state index in [1.54, 1.807) is 0 Å². The van der Waals surface area contributed by atoms with Crippen LogP contribution in [0.25, 0.3) is 0 Å². The molecule has 2 nitrogen and oxygen atoms in total. The van der Waals surface area contributed by atoms with E-state index in [1.165, 1.54) is 51.4 Å². The van der Waals surface area contributed by atoms with Crippen molar-refractivity contribution >= 4 is 0 Å². The van der Waals surface area contributed by atoms with Gasteiger partial charge in [-0.15, -0.1) is 0 Å². The Bertz CT molecular complexity index is 1040. The SMILES string of the molecule is C[C@H](CCC(O)(c1ccccc1)c1ccccc1)C1CCC2C3C(O)CC4CCCCC4(C)C3CCC21C. The summed E-state index contributed by atoms with van der Waals surface area (Å²) in [6, 6.07) is 20.5. The highest BCUT2D eigenvalue weighted by atomic mass is 16.3. The molecule has 0 spiro atoms. The smallest absolute Gasteiger partial charge is 0.115 e. The first-order chi connectivity index (χ1) is 18.3. The van der Waals surface area contributed by atoms with Crippen LogP contribution in [0.3, 0.4) is 0 Å². The number of rotatable bonds is 6. The summed E-state index contributed by atoms with van der Waals surface area (Å²) in [4.78, 5) is 0. The molecule has 2 heteroatoms. The first-order valence-electron chi connectivity index (χ1n) is 15.8. The predicted octanol–water partition coefficient (Wildman–Crippen LogP) is 8.36. The lowest BCUT2D eigenvalue weighted by atomic mass is 9.44. The zero-order valence-corrected chi connectivity index (χ0v) is 24.0. The summed E-state index contributed by atoms with van der Waals surface area (Å²) in [7, 11) is 0. The molecule has 0 radical (unpaired) electrons. The van der Waals surface area contributed by atoms with Crippen LogP contribution in [-0.2, 0) is 5.60 Å². The van der Waals surface area contributed by atoms with E-state index < -0.39 is 5.60 Å². The van der Waals surface area contributed by atoms with Crippen LogP contribution in [0.15, 0.2) is 60.7 Å². The summed E-state index contributed by atoms with van der Waals surface area (Å²) in [6.45, 7) is 7.65. The van der Waals surface area contributed by atoms with E-state index in [0.717, 1.165) is 36.3 Å². The molecule has 2 aromatic rings. The van der Waals surface area contributed by atoms with E-state index in [1.807, 2.05) is 36.4 Å². The molecule has 206 valence electrons. The number of hydrogen-bond donors (Lipinski definition) is 2. The molecular weight excluding hydrogens is 464 g/mol. The molecule has 2 aromatic carbocycles. The van der Waals surface area contributed by atoms with Gasteiger partial charge in [0.2, 0.25) is 0 Å². The number of fused-ring (bicyclic) bond motifs is 5. The van der Waals surface area contributed by atoms with Gasteiger partial charge >= 0.3 is 0 Å². The van der Waals surface area contributed by atoms with Gasteiger partial charge in [0.05, 0.1) is 6.10 Å². The first-order valence-corrected chi connectivity index (χ1v) is 15.8. The molecule has 9 atom stereocenters. The Kier molecular flexibility index (Phi) is 7.05. The zero-order chi connectivity index (χ0) is 26.5. The molecule has 38 heavy (non-hydrogen) atoms. The number of aliphatic hydroxyl groups excluding tert-OH is 1. The monoisotopic (exact) mass is 514 g/mol. The van der Waals surface area contributed by atoms with Crippen molar-refractivity contribution in [1.29, 1.82) is 0 Å². The Morgan fingerprint density at radius 3 is 2.11 bits per heavy atom. The third-order valence-electron chi connectivity index (χ3n) is 12.8. The fourth-order valence-corrected chi connectivity index (χ4v) is 10.8. The molecule has 4 saturated carbocycles. The minimum absolute atomic E-state index is 0.101. The van der Waals surface area contributed by atoms with Crippen molar-refractivity contribution in [3.8, 4) is 0 Å². The Balaban J connectivity index is 1.21. The van der Waals surface area contributed by atoms with Crippen LogP contribution in [-0.4, -0.2) is 16.3 Å². The molecule has 0 aliphatic heterocycles. The number of benzene rings is 2. The molecule has 0 saturated heterocycles. The summed E-state index contributed by atoms with van der Waals surface area (Å²) in [5.41, 5.74) is 1.80. The topological polar surface area (TPSA) is 40.5 Å². The fourth-order valence-electron chi connectivity index (χ4n) is 10.8. The third-order valence-corrected chi connectivity index (χ3v) is 12.8. The van der Waals surface area contributed by atoms with E-state index in [9.17, 15) is 10.2 Å². The predicted molar refractivity (Wildman–Crippen MR) is 156 cm³/mol. The van der Waals surface area contributed by atoms with Gasteiger partial charge in [-0.05, 0) is 115 Å². The van der Waals surface area contributed by atoms with Gasteiger partial charge in [-0.2, -0.15) is 0 Å². The van der Waals surface area contributed by atoms with Gasteiger partial charge in [0.1, 0.15) is 5.60 Å². The maximum atomic E-state index is 12.1. The lowest BCUT2D eigenvalue weighted by Crippen LogP contribution is -2.57.